The molecule has 7 heteroatoms. The largest absolute Gasteiger partial charge is 0.444 e. The van der Waals surface area contributed by atoms with E-state index in [1.807, 2.05) is 0 Å². The number of carbonyl (C=O) groups is 3. The molecule has 4 rings (SSSR count). The standard InChI is InChI=1S/C23H39N3O4/c1-22(2,3)30-21(29)26-8-5-19(27)24-6-4-7-25-20(28)15-23-12-16-9-17(13-23)11-18(10-16)14-23/h16-18H,4-15H2,1-3H3,(H,24,27)(H,25,28)(H,26,29). The highest BCUT2D eigenvalue weighted by atomic mass is 16.6. The number of ether oxygens (including phenoxy) is 1. The van der Waals surface area contributed by atoms with Crippen LogP contribution < -0.4 is 16.0 Å². The number of alkyl carbamates (subject to hydrolysis) is 1. The smallest absolute Gasteiger partial charge is 0.407 e. The SMILES string of the molecule is CC(C)(C)OC(=O)NCCC(=O)NCCCNC(=O)CC12CC3CC(CC(C3)C1)C2. The van der Waals surface area contributed by atoms with E-state index >= 15 is 0 Å². The van der Waals surface area contributed by atoms with Crippen molar-refractivity contribution < 1.29 is 19.1 Å². The van der Waals surface area contributed by atoms with E-state index in [2.05, 4.69) is 16.0 Å². The molecule has 0 aliphatic heterocycles. The maximum Gasteiger partial charge on any atom is 0.407 e. The molecule has 7 nitrogen and oxygen atoms in total. The first-order valence-corrected chi connectivity index (χ1v) is 11.6. The fourth-order valence-corrected chi connectivity index (χ4v) is 6.13. The van der Waals surface area contributed by atoms with Gasteiger partial charge >= 0.3 is 6.09 Å². The van der Waals surface area contributed by atoms with Crippen molar-refractivity contribution in [2.45, 2.75) is 84.2 Å². The van der Waals surface area contributed by atoms with Crippen molar-refractivity contribution in [1.29, 1.82) is 0 Å². The number of hydrogen-bond donors (Lipinski definition) is 3. The highest BCUT2D eigenvalue weighted by molar-refractivity contribution is 5.77. The van der Waals surface area contributed by atoms with Gasteiger partial charge in [-0.25, -0.2) is 4.79 Å². The monoisotopic (exact) mass is 421 g/mol. The molecule has 4 aliphatic carbocycles. The minimum atomic E-state index is -0.549. The fraction of sp³-hybridized carbons (Fsp3) is 0.870. The zero-order valence-corrected chi connectivity index (χ0v) is 18.9. The van der Waals surface area contributed by atoms with Crippen LogP contribution in [0.3, 0.4) is 0 Å². The Balaban J connectivity index is 1.22. The van der Waals surface area contributed by atoms with Crippen LogP contribution in [-0.4, -0.2) is 43.1 Å². The first-order chi connectivity index (χ1) is 14.1. The van der Waals surface area contributed by atoms with Gasteiger partial charge in [0.15, 0.2) is 0 Å². The van der Waals surface area contributed by atoms with Gasteiger partial charge in [-0.3, -0.25) is 9.59 Å². The van der Waals surface area contributed by atoms with Crippen molar-refractivity contribution in [2.24, 2.45) is 23.2 Å². The molecule has 0 aromatic heterocycles. The second-order valence-corrected chi connectivity index (χ2v) is 10.8. The molecule has 0 atom stereocenters. The predicted octanol–water partition coefficient (Wildman–Crippen LogP) is 3.13. The Morgan fingerprint density at radius 2 is 1.37 bits per heavy atom. The van der Waals surface area contributed by atoms with Gasteiger partial charge in [0.1, 0.15) is 5.60 Å². The molecular weight excluding hydrogens is 382 g/mol. The molecule has 4 bridgehead atoms. The summed E-state index contributed by atoms with van der Waals surface area (Å²) in [6, 6.07) is 0. The van der Waals surface area contributed by atoms with Gasteiger partial charge in [0, 0.05) is 32.5 Å². The van der Waals surface area contributed by atoms with Crippen LogP contribution in [0.25, 0.3) is 0 Å². The van der Waals surface area contributed by atoms with Crippen LogP contribution in [0.2, 0.25) is 0 Å². The average molecular weight is 422 g/mol. The van der Waals surface area contributed by atoms with Crippen LogP contribution in [0.1, 0.15) is 78.6 Å². The lowest BCUT2D eigenvalue weighted by molar-refractivity contribution is -0.129. The third kappa shape index (κ3) is 6.88. The van der Waals surface area contributed by atoms with E-state index in [1.54, 1.807) is 20.8 Å². The maximum absolute atomic E-state index is 12.5. The summed E-state index contributed by atoms with van der Waals surface area (Å²) in [5.41, 5.74) is -0.277. The highest BCUT2D eigenvalue weighted by Crippen LogP contribution is 2.61. The molecule has 0 saturated heterocycles. The van der Waals surface area contributed by atoms with Gasteiger partial charge in [-0.15, -0.1) is 0 Å². The lowest BCUT2D eigenvalue weighted by Gasteiger charge is -2.56. The molecule has 0 heterocycles. The van der Waals surface area contributed by atoms with E-state index in [0.717, 1.165) is 17.8 Å². The average Bonchev–Trinajstić information content (AvgIpc) is 2.58. The third-order valence-corrected chi connectivity index (χ3v) is 6.72. The van der Waals surface area contributed by atoms with E-state index in [9.17, 15) is 14.4 Å². The van der Waals surface area contributed by atoms with Gasteiger partial charge in [-0.1, -0.05) is 0 Å². The second kappa shape index (κ2) is 9.56. The minimum Gasteiger partial charge on any atom is -0.444 e. The van der Waals surface area contributed by atoms with Crippen molar-refractivity contribution in [3.8, 4) is 0 Å². The molecule has 0 radical (unpaired) electrons. The lowest BCUT2D eigenvalue weighted by atomic mass is 9.49. The number of carbonyl (C=O) groups excluding carboxylic acids is 3. The molecule has 3 N–H and O–H groups in total. The third-order valence-electron chi connectivity index (χ3n) is 6.72. The Morgan fingerprint density at radius 3 is 1.90 bits per heavy atom. The normalized spacial score (nSPS) is 29.4. The van der Waals surface area contributed by atoms with E-state index < -0.39 is 11.7 Å². The van der Waals surface area contributed by atoms with E-state index in [1.165, 1.54) is 38.5 Å². The Morgan fingerprint density at radius 1 is 0.833 bits per heavy atom. The molecule has 170 valence electrons. The van der Waals surface area contributed by atoms with Crippen LogP contribution in [0.15, 0.2) is 0 Å². The highest BCUT2D eigenvalue weighted by Gasteiger charge is 2.51. The zero-order chi connectivity index (χ0) is 21.8. The number of amides is 3. The summed E-state index contributed by atoms with van der Waals surface area (Å²) in [6.07, 6.45) is 9.01. The van der Waals surface area contributed by atoms with E-state index in [4.69, 9.17) is 4.74 Å². The summed E-state index contributed by atoms with van der Waals surface area (Å²) in [6.45, 7) is 6.72. The van der Waals surface area contributed by atoms with E-state index in [0.29, 0.717) is 25.9 Å². The predicted molar refractivity (Wildman–Crippen MR) is 115 cm³/mol. The molecule has 4 saturated carbocycles. The van der Waals surface area contributed by atoms with Crippen molar-refractivity contribution in [1.82, 2.24) is 16.0 Å². The second-order valence-electron chi connectivity index (χ2n) is 10.8. The summed E-state index contributed by atoms with van der Waals surface area (Å²) in [4.78, 5) is 35.8. The molecule has 3 amide bonds. The molecule has 30 heavy (non-hydrogen) atoms. The Labute approximate surface area is 180 Å². The van der Waals surface area contributed by atoms with Gasteiger partial charge in [0.05, 0.1) is 0 Å². The van der Waals surface area contributed by atoms with Crippen LogP contribution >= 0.6 is 0 Å². The van der Waals surface area contributed by atoms with Crippen molar-refractivity contribution in [2.75, 3.05) is 19.6 Å². The summed E-state index contributed by atoms with van der Waals surface area (Å²) in [5, 5.41) is 8.44. The van der Waals surface area contributed by atoms with Crippen molar-refractivity contribution >= 4 is 17.9 Å². The fourth-order valence-electron chi connectivity index (χ4n) is 6.13. The number of rotatable bonds is 9. The lowest BCUT2D eigenvalue weighted by Crippen LogP contribution is -2.48. The minimum absolute atomic E-state index is 0.119. The van der Waals surface area contributed by atoms with Crippen LogP contribution in [-0.2, 0) is 14.3 Å². The van der Waals surface area contributed by atoms with Crippen molar-refractivity contribution in [3.05, 3.63) is 0 Å². The van der Waals surface area contributed by atoms with Gasteiger partial charge in [0.2, 0.25) is 11.8 Å². The Kier molecular flexibility index (Phi) is 7.30. The summed E-state index contributed by atoms with van der Waals surface area (Å²) >= 11 is 0. The quantitative estimate of drug-likeness (QED) is 0.498. The number of hydrogen-bond acceptors (Lipinski definition) is 4. The molecule has 0 aromatic rings. The Bertz CT molecular complexity index is 606. The zero-order valence-electron chi connectivity index (χ0n) is 18.9. The van der Waals surface area contributed by atoms with Crippen LogP contribution in [0.4, 0.5) is 4.79 Å². The van der Waals surface area contributed by atoms with Crippen molar-refractivity contribution in [3.63, 3.8) is 0 Å². The Hall–Kier alpha value is -1.79. The summed E-state index contributed by atoms with van der Waals surface area (Å²) in [5.74, 6) is 2.65. The summed E-state index contributed by atoms with van der Waals surface area (Å²) < 4.78 is 5.12. The molecule has 4 fully saturated rings. The number of nitrogens with one attached hydrogen (secondary N) is 3. The van der Waals surface area contributed by atoms with Crippen LogP contribution in [0.5, 0.6) is 0 Å². The molecular formula is C23H39N3O4. The first-order valence-electron chi connectivity index (χ1n) is 11.6. The van der Waals surface area contributed by atoms with Gasteiger partial charge in [-0.2, -0.15) is 0 Å². The molecule has 4 aliphatic rings. The summed E-state index contributed by atoms with van der Waals surface area (Å²) in [7, 11) is 0. The van der Waals surface area contributed by atoms with Gasteiger partial charge < -0.3 is 20.7 Å². The first kappa shape index (κ1) is 22.9. The molecule has 0 unspecified atom stereocenters. The van der Waals surface area contributed by atoms with E-state index in [-0.39, 0.29) is 30.2 Å². The van der Waals surface area contributed by atoms with Gasteiger partial charge in [-0.05, 0) is 88.9 Å². The topological polar surface area (TPSA) is 96.5 Å². The van der Waals surface area contributed by atoms with Gasteiger partial charge in [0.25, 0.3) is 0 Å². The molecule has 0 aromatic carbocycles. The van der Waals surface area contributed by atoms with Crippen LogP contribution in [0, 0.1) is 23.2 Å². The maximum atomic E-state index is 12.5. The molecule has 0 spiro atoms.